The Morgan fingerprint density at radius 1 is 0.862 bits per heavy atom. The van der Waals surface area contributed by atoms with Gasteiger partial charge in [-0.25, -0.2) is 5.01 Å². The van der Waals surface area contributed by atoms with Crippen LogP contribution in [-0.4, -0.2) is 59.5 Å². The first-order valence-corrected chi connectivity index (χ1v) is 10.5. The van der Waals surface area contributed by atoms with E-state index in [0.29, 0.717) is 11.5 Å². The third-order valence-electron chi connectivity index (χ3n) is 5.47. The van der Waals surface area contributed by atoms with Crippen LogP contribution in [0, 0.1) is 0 Å². The predicted molar refractivity (Wildman–Crippen MR) is 116 cm³/mol. The Hall–Kier alpha value is -2.90. The molecule has 0 aliphatic carbocycles. The van der Waals surface area contributed by atoms with Gasteiger partial charge in [0.1, 0.15) is 5.75 Å². The Morgan fingerprint density at radius 2 is 1.41 bits per heavy atom. The first kappa shape index (κ1) is 19.4. The lowest BCUT2D eigenvalue weighted by Gasteiger charge is -2.30. The van der Waals surface area contributed by atoms with Crippen molar-refractivity contribution in [2.24, 2.45) is 5.10 Å². The molecule has 1 aromatic carbocycles. The van der Waals surface area contributed by atoms with Crippen LogP contribution in [0.15, 0.2) is 29.4 Å². The van der Waals surface area contributed by atoms with Gasteiger partial charge in [-0.1, -0.05) is 12.1 Å². The minimum atomic E-state index is 0.198. The number of aromatic nitrogens is 3. The van der Waals surface area contributed by atoms with E-state index in [0.717, 1.165) is 38.1 Å². The zero-order chi connectivity index (χ0) is 20.1. The Kier molecular flexibility index (Phi) is 6.07. The van der Waals surface area contributed by atoms with Gasteiger partial charge in [0, 0.05) is 38.8 Å². The van der Waals surface area contributed by atoms with Gasteiger partial charge in [0.2, 0.25) is 11.9 Å². The highest BCUT2D eigenvalue weighted by Crippen LogP contribution is 2.24. The molecule has 0 saturated carbocycles. The summed E-state index contributed by atoms with van der Waals surface area (Å²) in [7, 11) is 1.83. The van der Waals surface area contributed by atoms with Crippen LogP contribution in [0.25, 0.3) is 0 Å². The van der Waals surface area contributed by atoms with Crippen LogP contribution in [0.2, 0.25) is 0 Å². The number of piperidine rings is 2. The molecule has 2 aromatic rings. The number of phenolic OH excluding ortho intramolecular Hbond substituents is 1. The maximum absolute atomic E-state index is 9.96. The van der Waals surface area contributed by atoms with Gasteiger partial charge in [-0.05, 0) is 50.7 Å². The van der Waals surface area contributed by atoms with E-state index in [1.165, 1.54) is 38.5 Å². The highest BCUT2D eigenvalue weighted by atomic mass is 16.3. The summed E-state index contributed by atoms with van der Waals surface area (Å²) in [6.45, 7) is 3.92. The van der Waals surface area contributed by atoms with Crippen molar-refractivity contribution < 1.29 is 5.11 Å². The zero-order valence-electron chi connectivity index (χ0n) is 17.0. The van der Waals surface area contributed by atoms with Gasteiger partial charge >= 0.3 is 0 Å². The van der Waals surface area contributed by atoms with Gasteiger partial charge < -0.3 is 14.9 Å². The number of phenols is 1. The molecule has 1 N–H and O–H groups in total. The fourth-order valence-electron chi connectivity index (χ4n) is 3.76. The van der Waals surface area contributed by atoms with E-state index < -0.39 is 0 Å². The van der Waals surface area contributed by atoms with Crippen molar-refractivity contribution in [1.82, 2.24) is 15.0 Å². The van der Waals surface area contributed by atoms with E-state index in [2.05, 4.69) is 14.9 Å². The number of para-hydroxylation sites is 1. The molecule has 0 amide bonds. The van der Waals surface area contributed by atoms with Crippen molar-refractivity contribution in [2.75, 3.05) is 48.0 Å². The highest BCUT2D eigenvalue weighted by molar-refractivity contribution is 5.83. The molecule has 8 nitrogen and oxygen atoms in total. The van der Waals surface area contributed by atoms with Crippen molar-refractivity contribution in [2.45, 2.75) is 38.5 Å². The first-order chi connectivity index (χ1) is 14.2. The van der Waals surface area contributed by atoms with Crippen molar-refractivity contribution in [1.29, 1.82) is 0 Å². The van der Waals surface area contributed by atoms with Gasteiger partial charge in [-0.3, -0.25) is 0 Å². The summed E-state index contributed by atoms with van der Waals surface area (Å²) in [6.07, 6.45) is 8.82. The number of hydrogen-bond donors (Lipinski definition) is 1. The molecular weight excluding hydrogens is 366 g/mol. The average molecular weight is 396 g/mol. The molecule has 3 heterocycles. The molecular formula is C21H29N7O. The minimum Gasteiger partial charge on any atom is -0.507 e. The van der Waals surface area contributed by atoms with E-state index in [1.54, 1.807) is 23.4 Å². The largest absolute Gasteiger partial charge is 0.507 e. The molecule has 0 unspecified atom stereocenters. The Labute approximate surface area is 171 Å². The average Bonchev–Trinajstić information content (AvgIpc) is 2.79. The molecule has 4 rings (SSSR count). The Balaban J connectivity index is 1.62. The van der Waals surface area contributed by atoms with Gasteiger partial charge in [-0.2, -0.15) is 20.1 Å². The number of rotatable bonds is 5. The van der Waals surface area contributed by atoms with E-state index >= 15 is 0 Å². The minimum absolute atomic E-state index is 0.198. The summed E-state index contributed by atoms with van der Waals surface area (Å²) >= 11 is 0. The number of hydrogen-bond acceptors (Lipinski definition) is 8. The Bertz CT molecular complexity index is 808. The second kappa shape index (κ2) is 9.07. The summed E-state index contributed by atoms with van der Waals surface area (Å²) in [5.41, 5.74) is 0.654. The van der Waals surface area contributed by atoms with Crippen molar-refractivity contribution in [3.05, 3.63) is 29.8 Å². The molecule has 0 spiro atoms. The molecule has 2 aliphatic rings. The summed E-state index contributed by atoms with van der Waals surface area (Å²) in [4.78, 5) is 18.7. The molecule has 154 valence electrons. The molecule has 8 heteroatoms. The molecule has 0 atom stereocenters. The van der Waals surface area contributed by atoms with E-state index in [1.807, 2.05) is 19.2 Å². The van der Waals surface area contributed by atoms with Crippen molar-refractivity contribution >= 4 is 24.1 Å². The Morgan fingerprint density at radius 3 is 1.97 bits per heavy atom. The normalized spacial score (nSPS) is 17.7. The van der Waals surface area contributed by atoms with Gasteiger partial charge in [0.25, 0.3) is 5.95 Å². The van der Waals surface area contributed by atoms with E-state index in [4.69, 9.17) is 15.0 Å². The fourth-order valence-corrected chi connectivity index (χ4v) is 3.76. The molecule has 29 heavy (non-hydrogen) atoms. The van der Waals surface area contributed by atoms with Crippen LogP contribution >= 0.6 is 0 Å². The lowest BCUT2D eigenvalue weighted by atomic mass is 10.1. The second-order valence-electron chi connectivity index (χ2n) is 7.66. The molecule has 1 aromatic heterocycles. The standard InChI is InChI=1S/C21H29N7O/c1-26(22-16-17-10-4-5-11-18(17)29)19-23-20(27-12-6-2-7-13-27)25-21(24-19)28-14-8-3-9-15-28/h4-5,10-11,16,29H,2-3,6-9,12-15H2,1H3. The first-order valence-electron chi connectivity index (χ1n) is 10.5. The van der Waals surface area contributed by atoms with Crippen LogP contribution in [0.4, 0.5) is 17.8 Å². The van der Waals surface area contributed by atoms with Crippen LogP contribution in [0.5, 0.6) is 5.75 Å². The smallest absolute Gasteiger partial charge is 0.252 e. The highest BCUT2D eigenvalue weighted by Gasteiger charge is 2.21. The maximum atomic E-state index is 9.96. The molecule has 2 fully saturated rings. The van der Waals surface area contributed by atoms with Gasteiger partial charge in [-0.15, -0.1) is 0 Å². The van der Waals surface area contributed by atoms with Crippen molar-refractivity contribution in [3.63, 3.8) is 0 Å². The summed E-state index contributed by atoms with van der Waals surface area (Å²) in [5, 5.41) is 16.1. The lowest BCUT2D eigenvalue weighted by molar-refractivity contribution is 0.474. The van der Waals surface area contributed by atoms with Crippen LogP contribution in [-0.2, 0) is 0 Å². The summed E-state index contributed by atoms with van der Waals surface area (Å²) in [5.74, 6) is 2.19. The number of nitrogens with zero attached hydrogens (tertiary/aromatic N) is 7. The number of benzene rings is 1. The number of hydrazone groups is 1. The topological polar surface area (TPSA) is 81.0 Å². The van der Waals surface area contributed by atoms with Crippen LogP contribution in [0.1, 0.15) is 44.1 Å². The van der Waals surface area contributed by atoms with E-state index in [-0.39, 0.29) is 5.75 Å². The SMILES string of the molecule is CN(N=Cc1ccccc1O)c1nc(N2CCCCC2)nc(N2CCCCC2)n1. The predicted octanol–water partition coefficient (Wildman–Crippen LogP) is 3.03. The number of aromatic hydroxyl groups is 1. The molecule has 0 radical (unpaired) electrons. The monoisotopic (exact) mass is 395 g/mol. The second-order valence-corrected chi connectivity index (χ2v) is 7.66. The third kappa shape index (κ3) is 4.75. The van der Waals surface area contributed by atoms with Gasteiger partial charge in [0.15, 0.2) is 0 Å². The zero-order valence-corrected chi connectivity index (χ0v) is 17.0. The molecule has 2 saturated heterocycles. The summed E-state index contributed by atoms with van der Waals surface area (Å²) < 4.78 is 0. The fraction of sp³-hybridized carbons (Fsp3) is 0.524. The van der Waals surface area contributed by atoms with Gasteiger partial charge in [0.05, 0.1) is 6.21 Å². The third-order valence-corrected chi connectivity index (χ3v) is 5.47. The lowest BCUT2D eigenvalue weighted by Crippen LogP contribution is -2.35. The molecule has 2 aliphatic heterocycles. The quantitative estimate of drug-likeness (QED) is 0.615. The molecule has 0 bridgehead atoms. The van der Waals surface area contributed by atoms with E-state index in [9.17, 15) is 5.11 Å². The maximum Gasteiger partial charge on any atom is 0.252 e. The number of anilines is 3. The van der Waals surface area contributed by atoms with Crippen LogP contribution < -0.4 is 14.8 Å². The van der Waals surface area contributed by atoms with Crippen LogP contribution in [0.3, 0.4) is 0 Å². The van der Waals surface area contributed by atoms with Crippen molar-refractivity contribution in [3.8, 4) is 5.75 Å². The summed E-state index contributed by atoms with van der Waals surface area (Å²) in [6, 6.07) is 7.12.